The highest BCUT2D eigenvalue weighted by Crippen LogP contribution is 2.29. The molecule has 1 aromatic heterocycles. The molecule has 0 saturated carbocycles. The Morgan fingerprint density at radius 3 is 2.48 bits per heavy atom. The molecule has 8 heteroatoms. The summed E-state index contributed by atoms with van der Waals surface area (Å²) >= 11 is 6.09. The summed E-state index contributed by atoms with van der Waals surface area (Å²) < 4.78 is 43.3. The monoisotopic (exact) mass is 398 g/mol. The molecular formula is C19H18ClF3N2O2. The summed E-state index contributed by atoms with van der Waals surface area (Å²) in [6.45, 7) is 1.04. The zero-order valence-electron chi connectivity index (χ0n) is 14.4. The minimum absolute atomic E-state index is 0.00537. The zero-order valence-corrected chi connectivity index (χ0v) is 15.1. The van der Waals surface area contributed by atoms with E-state index >= 15 is 0 Å². The molecule has 3 rings (SSSR count). The molecule has 1 aromatic carbocycles. The van der Waals surface area contributed by atoms with Gasteiger partial charge in [-0.3, -0.25) is 4.79 Å². The minimum Gasteiger partial charge on any atom is -0.474 e. The number of hydrogen-bond acceptors (Lipinski definition) is 3. The first-order chi connectivity index (χ1) is 12.8. The van der Waals surface area contributed by atoms with Crippen LogP contribution in [0.25, 0.3) is 0 Å². The van der Waals surface area contributed by atoms with E-state index in [9.17, 15) is 18.0 Å². The van der Waals surface area contributed by atoms with E-state index in [0.717, 1.165) is 17.8 Å². The van der Waals surface area contributed by atoms with Gasteiger partial charge < -0.3 is 9.64 Å². The van der Waals surface area contributed by atoms with E-state index in [1.54, 1.807) is 11.0 Å². The lowest BCUT2D eigenvalue weighted by Gasteiger charge is -2.32. The van der Waals surface area contributed by atoms with Crippen molar-refractivity contribution in [1.29, 1.82) is 0 Å². The Hall–Kier alpha value is -2.28. The summed E-state index contributed by atoms with van der Waals surface area (Å²) in [5.41, 5.74) is -0.0219. The highest BCUT2D eigenvalue weighted by molar-refractivity contribution is 6.31. The number of hydrogen-bond donors (Lipinski definition) is 0. The topological polar surface area (TPSA) is 42.4 Å². The number of alkyl halides is 3. The standard InChI is InChI=1S/C19H18ClF3N2O2/c20-16-4-2-1-3-13(16)11-18(26)25-9-7-15(8-10-25)27-17-6-5-14(12-24-17)19(21,22)23/h1-6,12,15H,7-11H2. The highest BCUT2D eigenvalue weighted by Gasteiger charge is 2.31. The van der Waals surface area contributed by atoms with Crippen LogP contribution >= 0.6 is 11.6 Å². The van der Waals surface area contributed by atoms with Crippen LogP contribution in [0.5, 0.6) is 5.88 Å². The van der Waals surface area contributed by atoms with E-state index in [1.165, 1.54) is 6.07 Å². The SMILES string of the molecule is O=C(Cc1ccccc1Cl)N1CCC(Oc2ccc(C(F)(F)F)cn2)CC1. The predicted octanol–water partition coefficient (Wildman–Crippen LogP) is 4.37. The summed E-state index contributed by atoms with van der Waals surface area (Å²) in [7, 11) is 0. The van der Waals surface area contributed by atoms with Gasteiger partial charge in [-0.25, -0.2) is 4.98 Å². The van der Waals surface area contributed by atoms with E-state index in [2.05, 4.69) is 4.98 Å². The quantitative estimate of drug-likeness (QED) is 0.768. The normalized spacial score (nSPS) is 15.6. The molecule has 27 heavy (non-hydrogen) atoms. The molecule has 0 aliphatic carbocycles. The summed E-state index contributed by atoms with van der Waals surface area (Å²) in [4.78, 5) is 17.9. The first-order valence-electron chi connectivity index (χ1n) is 8.54. The van der Waals surface area contributed by atoms with Crippen molar-refractivity contribution in [3.05, 3.63) is 58.7 Å². The number of likely N-dealkylation sites (tertiary alicyclic amines) is 1. The summed E-state index contributed by atoms with van der Waals surface area (Å²) in [6.07, 6.45) is -2.41. The largest absolute Gasteiger partial charge is 0.474 e. The molecule has 1 aliphatic heterocycles. The van der Waals surface area contributed by atoms with E-state index in [1.807, 2.05) is 18.2 Å². The maximum absolute atomic E-state index is 12.6. The number of amides is 1. The van der Waals surface area contributed by atoms with Crippen molar-refractivity contribution >= 4 is 17.5 Å². The van der Waals surface area contributed by atoms with Crippen LogP contribution in [0.3, 0.4) is 0 Å². The van der Waals surface area contributed by atoms with Gasteiger partial charge in [0.1, 0.15) is 6.10 Å². The second kappa shape index (κ2) is 8.17. The second-order valence-corrected chi connectivity index (χ2v) is 6.76. The smallest absolute Gasteiger partial charge is 0.417 e. The molecule has 2 aromatic rings. The van der Waals surface area contributed by atoms with Crippen molar-refractivity contribution in [2.24, 2.45) is 0 Å². The number of aromatic nitrogens is 1. The van der Waals surface area contributed by atoms with Crippen LogP contribution in [0.4, 0.5) is 13.2 Å². The number of piperidine rings is 1. The number of halogens is 4. The minimum atomic E-state index is -4.42. The number of carbonyl (C=O) groups excluding carboxylic acids is 1. The molecule has 0 spiro atoms. The van der Waals surface area contributed by atoms with Gasteiger partial charge in [-0.15, -0.1) is 0 Å². The maximum atomic E-state index is 12.6. The fraction of sp³-hybridized carbons (Fsp3) is 0.368. The van der Waals surface area contributed by atoms with Crippen LogP contribution in [-0.4, -0.2) is 35.0 Å². The highest BCUT2D eigenvalue weighted by atomic mass is 35.5. The van der Waals surface area contributed by atoms with Crippen molar-refractivity contribution in [3.63, 3.8) is 0 Å². The van der Waals surface area contributed by atoms with Crippen LogP contribution in [-0.2, 0) is 17.4 Å². The van der Waals surface area contributed by atoms with Crippen LogP contribution in [0.15, 0.2) is 42.6 Å². The van der Waals surface area contributed by atoms with Gasteiger partial charge in [0.25, 0.3) is 0 Å². The van der Waals surface area contributed by atoms with Crippen molar-refractivity contribution < 1.29 is 22.7 Å². The molecule has 1 amide bonds. The van der Waals surface area contributed by atoms with Crippen molar-refractivity contribution in [3.8, 4) is 5.88 Å². The Kier molecular flexibility index (Phi) is 5.89. The van der Waals surface area contributed by atoms with Gasteiger partial charge >= 0.3 is 6.18 Å². The van der Waals surface area contributed by atoms with Crippen molar-refractivity contribution in [2.45, 2.75) is 31.5 Å². The number of nitrogens with zero attached hydrogens (tertiary/aromatic N) is 2. The summed E-state index contributed by atoms with van der Waals surface area (Å²) in [5, 5.41) is 0.567. The first-order valence-corrected chi connectivity index (χ1v) is 8.92. The Bertz CT molecular complexity index is 788. The number of rotatable bonds is 4. The Morgan fingerprint density at radius 1 is 1.19 bits per heavy atom. The lowest BCUT2D eigenvalue weighted by molar-refractivity contribution is -0.137. The molecule has 2 heterocycles. The third-order valence-corrected chi connectivity index (χ3v) is 4.81. The molecule has 1 saturated heterocycles. The number of benzene rings is 1. The van der Waals surface area contributed by atoms with Crippen LogP contribution in [0, 0.1) is 0 Å². The third kappa shape index (κ3) is 5.13. The van der Waals surface area contributed by atoms with Gasteiger partial charge in [-0.1, -0.05) is 29.8 Å². The molecular weight excluding hydrogens is 381 g/mol. The number of ether oxygens (including phenoxy) is 1. The Balaban J connectivity index is 1.50. The average molecular weight is 399 g/mol. The lowest BCUT2D eigenvalue weighted by atomic mass is 10.1. The van der Waals surface area contributed by atoms with Crippen molar-refractivity contribution in [2.75, 3.05) is 13.1 Å². The van der Waals surface area contributed by atoms with E-state index in [0.29, 0.717) is 31.0 Å². The number of pyridine rings is 1. The van der Waals surface area contributed by atoms with Gasteiger partial charge in [0.05, 0.1) is 12.0 Å². The predicted molar refractivity (Wildman–Crippen MR) is 94.6 cm³/mol. The second-order valence-electron chi connectivity index (χ2n) is 6.35. The van der Waals surface area contributed by atoms with Gasteiger partial charge in [-0.2, -0.15) is 13.2 Å². The Morgan fingerprint density at radius 2 is 1.89 bits per heavy atom. The maximum Gasteiger partial charge on any atom is 0.417 e. The molecule has 0 radical (unpaired) electrons. The Labute approximate surface area is 159 Å². The molecule has 4 nitrogen and oxygen atoms in total. The summed E-state index contributed by atoms with van der Waals surface area (Å²) in [5.74, 6) is 0.151. The van der Waals surface area contributed by atoms with Crippen molar-refractivity contribution in [1.82, 2.24) is 9.88 Å². The third-order valence-electron chi connectivity index (χ3n) is 4.45. The molecule has 0 bridgehead atoms. The first kappa shape index (κ1) is 19.5. The van der Waals surface area contributed by atoms with Gasteiger partial charge in [0.15, 0.2) is 0 Å². The number of carbonyl (C=O) groups is 1. The van der Waals surface area contributed by atoms with E-state index < -0.39 is 11.7 Å². The van der Waals surface area contributed by atoms with Gasteiger partial charge in [0, 0.05) is 43.2 Å². The van der Waals surface area contributed by atoms with Crippen LogP contribution < -0.4 is 4.74 Å². The fourth-order valence-corrected chi connectivity index (χ4v) is 3.13. The molecule has 0 atom stereocenters. The van der Waals surface area contributed by atoms with E-state index in [4.69, 9.17) is 16.3 Å². The average Bonchev–Trinajstić information content (AvgIpc) is 2.64. The molecule has 0 unspecified atom stereocenters. The molecule has 1 fully saturated rings. The fourth-order valence-electron chi connectivity index (χ4n) is 2.93. The molecule has 0 N–H and O–H groups in total. The van der Waals surface area contributed by atoms with Gasteiger partial charge in [-0.05, 0) is 17.7 Å². The lowest BCUT2D eigenvalue weighted by Crippen LogP contribution is -2.42. The summed E-state index contributed by atoms with van der Waals surface area (Å²) in [6, 6.07) is 9.40. The van der Waals surface area contributed by atoms with Gasteiger partial charge in [0.2, 0.25) is 11.8 Å². The molecule has 1 aliphatic rings. The molecule has 144 valence electrons. The van der Waals surface area contributed by atoms with Crippen LogP contribution in [0.1, 0.15) is 24.0 Å². The van der Waals surface area contributed by atoms with Crippen LogP contribution in [0.2, 0.25) is 5.02 Å². The zero-order chi connectivity index (χ0) is 19.4. The van der Waals surface area contributed by atoms with E-state index in [-0.39, 0.29) is 24.3 Å².